The normalized spacial score (nSPS) is 25.8. The maximum atomic E-state index is 10.3. The van der Waals surface area contributed by atoms with Crippen LogP contribution < -0.4 is 5.32 Å². The zero-order chi connectivity index (χ0) is 13.1. The highest BCUT2D eigenvalue weighted by Gasteiger charge is 2.30. The Hall–Kier alpha value is -0.120. The lowest BCUT2D eigenvalue weighted by atomic mass is 9.95. The molecule has 17 heavy (non-hydrogen) atoms. The molecule has 1 rings (SSSR count). The Balaban J connectivity index is 2.33. The number of likely N-dealkylation sites (tertiary alicyclic amines) is 1. The lowest BCUT2D eigenvalue weighted by molar-refractivity contribution is 0.0238. The number of β-amino-alcohol motifs (C(OH)–C–C–N with tert-alkyl or cyclic N) is 1. The molecule has 0 radical (unpaired) electrons. The van der Waals surface area contributed by atoms with Gasteiger partial charge in [-0.15, -0.1) is 0 Å². The van der Waals surface area contributed by atoms with Crippen molar-refractivity contribution in [1.82, 2.24) is 10.2 Å². The molecule has 0 saturated carbocycles. The van der Waals surface area contributed by atoms with E-state index in [0.717, 1.165) is 31.5 Å². The van der Waals surface area contributed by atoms with E-state index in [0.29, 0.717) is 12.6 Å². The number of hydrogen-bond donors (Lipinski definition) is 2. The van der Waals surface area contributed by atoms with Gasteiger partial charge in [0.05, 0.1) is 5.60 Å². The smallest absolute Gasteiger partial charge is 0.0869 e. The molecule has 0 spiro atoms. The molecule has 2 N–H and O–H groups in total. The van der Waals surface area contributed by atoms with Crippen LogP contribution in [0.4, 0.5) is 0 Å². The van der Waals surface area contributed by atoms with Crippen molar-refractivity contribution in [3.05, 3.63) is 0 Å². The van der Waals surface area contributed by atoms with Gasteiger partial charge in [-0.25, -0.2) is 0 Å². The molecule has 0 amide bonds. The van der Waals surface area contributed by atoms with Crippen LogP contribution in [0, 0.1) is 11.8 Å². The van der Waals surface area contributed by atoms with Crippen molar-refractivity contribution in [3.8, 4) is 0 Å². The summed E-state index contributed by atoms with van der Waals surface area (Å²) in [5, 5.41) is 13.7. The third-order valence-electron chi connectivity index (χ3n) is 3.71. The fourth-order valence-corrected chi connectivity index (χ4v) is 2.51. The van der Waals surface area contributed by atoms with Crippen LogP contribution in [0.25, 0.3) is 0 Å². The minimum absolute atomic E-state index is 0.434. The van der Waals surface area contributed by atoms with E-state index in [9.17, 15) is 5.11 Å². The summed E-state index contributed by atoms with van der Waals surface area (Å²) in [5.41, 5.74) is -0.615. The average Bonchev–Trinajstić information content (AvgIpc) is 2.63. The van der Waals surface area contributed by atoms with E-state index in [1.807, 2.05) is 6.92 Å². The van der Waals surface area contributed by atoms with Crippen LogP contribution in [0.1, 0.15) is 41.0 Å². The molecular formula is C14H30N2O. The number of aliphatic hydroxyl groups is 1. The molecule has 0 aromatic carbocycles. The van der Waals surface area contributed by atoms with Gasteiger partial charge in [-0.3, -0.25) is 0 Å². The van der Waals surface area contributed by atoms with Gasteiger partial charge < -0.3 is 15.3 Å². The molecule has 0 aliphatic carbocycles. The molecule has 0 aromatic rings. The zero-order valence-corrected chi connectivity index (χ0v) is 12.2. The Morgan fingerprint density at radius 1 is 1.35 bits per heavy atom. The molecule has 0 bridgehead atoms. The summed E-state index contributed by atoms with van der Waals surface area (Å²) in [6, 6.07) is 0.434. The van der Waals surface area contributed by atoms with Crippen LogP contribution in [-0.4, -0.2) is 47.8 Å². The van der Waals surface area contributed by atoms with Crippen molar-refractivity contribution < 1.29 is 5.11 Å². The molecular weight excluding hydrogens is 212 g/mol. The summed E-state index contributed by atoms with van der Waals surface area (Å²) in [7, 11) is 0. The maximum absolute atomic E-state index is 10.3. The lowest BCUT2D eigenvalue weighted by Crippen LogP contribution is -2.48. The highest BCUT2D eigenvalue weighted by atomic mass is 16.3. The topological polar surface area (TPSA) is 35.5 Å². The first-order valence-electron chi connectivity index (χ1n) is 6.98. The molecule has 102 valence electrons. The molecule has 1 fully saturated rings. The maximum Gasteiger partial charge on any atom is 0.0869 e. The number of hydrogen-bond acceptors (Lipinski definition) is 3. The molecule has 3 nitrogen and oxygen atoms in total. The van der Waals surface area contributed by atoms with Gasteiger partial charge in [-0.05, 0) is 31.7 Å². The molecule has 1 heterocycles. The second-order valence-electron chi connectivity index (χ2n) is 6.56. The van der Waals surface area contributed by atoms with Gasteiger partial charge in [0.15, 0.2) is 0 Å². The zero-order valence-electron chi connectivity index (χ0n) is 12.2. The van der Waals surface area contributed by atoms with Crippen molar-refractivity contribution in [2.75, 3.05) is 26.2 Å². The van der Waals surface area contributed by atoms with Gasteiger partial charge in [0.25, 0.3) is 0 Å². The molecule has 0 aromatic heterocycles. The Morgan fingerprint density at radius 2 is 2.00 bits per heavy atom. The molecule has 1 aliphatic heterocycles. The van der Waals surface area contributed by atoms with E-state index < -0.39 is 5.60 Å². The first kappa shape index (κ1) is 14.9. The second kappa shape index (κ2) is 6.17. The summed E-state index contributed by atoms with van der Waals surface area (Å²) >= 11 is 0. The van der Waals surface area contributed by atoms with Gasteiger partial charge >= 0.3 is 0 Å². The van der Waals surface area contributed by atoms with Crippen molar-refractivity contribution in [3.63, 3.8) is 0 Å². The highest BCUT2D eigenvalue weighted by Crippen LogP contribution is 2.24. The summed E-state index contributed by atoms with van der Waals surface area (Å²) in [6.07, 6.45) is 1.28. The highest BCUT2D eigenvalue weighted by molar-refractivity contribution is 4.85. The van der Waals surface area contributed by atoms with E-state index in [4.69, 9.17) is 0 Å². The minimum atomic E-state index is -0.615. The molecule has 3 heteroatoms. The van der Waals surface area contributed by atoms with Crippen LogP contribution in [-0.2, 0) is 0 Å². The van der Waals surface area contributed by atoms with E-state index in [1.165, 1.54) is 6.42 Å². The van der Waals surface area contributed by atoms with E-state index in [2.05, 4.69) is 37.9 Å². The standard InChI is InChI=1S/C14H30N2O/c1-11(2)13-6-7-16(8-13)10-14(5,17)9-15-12(3)4/h11-13,15,17H,6-10H2,1-5H3. The van der Waals surface area contributed by atoms with Crippen LogP contribution in [0.2, 0.25) is 0 Å². The summed E-state index contributed by atoms with van der Waals surface area (Å²) in [6.45, 7) is 14.5. The van der Waals surface area contributed by atoms with Gasteiger partial charge in [-0.2, -0.15) is 0 Å². The van der Waals surface area contributed by atoms with Crippen LogP contribution in [0.3, 0.4) is 0 Å². The summed E-state index contributed by atoms with van der Waals surface area (Å²) in [4.78, 5) is 2.41. The molecule has 1 saturated heterocycles. The van der Waals surface area contributed by atoms with Crippen LogP contribution in [0.5, 0.6) is 0 Å². The largest absolute Gasteiger partial charge is 0.388 e. The Morgan fingerprint density at radius 3 is 2.47 bits per heavy atom. The van der Waals surface area contributed by atoms with Crippen molar-refractivity contribution in [1.29, 1.82) is 0 Å². The van der Waals surface area contributed by atoms with Gasteiger partial charge in [0, 0.05) is 25.7 Å². The molecule has 2 unspecified atom stereocenters. The lowest BCUT2D eigenvalue weighted by Gasteiger charge is -2.30. The Bertz CT molecular complexity index is 226. The fraction of sp³-hybridized carbons (Fsp3) is 1.00. The third-order valence-corrected chi connectivity index (χ3v) is 3.71. The average molecular weight is 242 g/mol. The third kappa shape index (κ3) is 5.36. The van der Waals surface area contributed by atoms with E-state index in [-0.39, 0.29) is 0 Å². The predicted octanol–water partition coefficient (Wildman–Crippen LogP) is 1.71. The van der Waals surface area contributed by atoms with Crippen LogP contribution >= 0.6 is 0 Å². The van der Waals surface area contributed by atoms with E-state index in [1.54, 1.807) is 0 Å². The number of rotatable bonds is 6. The number of nitrogens with zero attached hydrogens (tertiary/aromatic N) is 1. The molecule has 2 atom stereocenters. The first-order chi connectivity index (χ1) is 7.80. The first-order valence-corrected chi connectivity index (χ1v) is 6.98. The summed E-state index contributed by atoms with van der Waals surface area (Å²) in [5.74, 6) is 1.57. The van der Waals surface area contributed by atoms with Gasteiger partial charge in [0.1, 0.15) is 0 Å². The number of nitrogens with one attached hydrogen (secondary N) is 1. The van der Waals surface area contributed by atoms with Crippen LogP contribution in [0.15, 0.2) is 0 Å². The Kier molecular flexibility index (Phi) is 5.42. The SMILES string of the molecule is CC(C)NCC(C)(O)CN1CCC(C(C)C)C1. The fourth-order valence-electron chi connectivity index (χ4n) is 2.51. The second-order valence-corrected chi connectivity index (χ2v) is 6.56. The van der Waals surface area contributed by atoms with Crippen molar-refractivity contribution in [2.45, 2.75) is 52.7 Å². The predicted molar refractivity (Wildman–Crippen MR) is 73.1 cm³/mol. The van der Waals surface area contributed by atoms with Gasteiger partial charge in [0.2, 0.25) is 0 Å². The quantitative estimate of drug-likeness (QED) is 0.744. The Labute approximate surface area is 107 Å². The monoisotopic (exact) mass is 242 g/mol. The minimum Gasteiger partial charge on any atom is -0.388 e. The summed E-state index contributed by atoms with van der Waals surface area (Å²) < 4.78 is 0. The molecule has 1 aliphatic rings. The van der Waals surface area contributed by atoms with Crippen molar-refractivity contribution >= 4 is 0 Å². The van der Waals surface area contributed by atoms with Gasteiger partial charge in [-0.1, -0.05) is 27.7 Å². The van der Waals surface area contributed by atoms with E-state index >= 15 is 0 Å². The van der Waals surface area contributed by atoms with Crippen molar-refractivity contribution in [2.24, 2.45) is 11.8 Å².